The Bertz CT molecular complexity index is 588. The monoisotopic (exact) mass is 222 g/mol. The van der Waals surface area contributed by atoms with Crippen LogP contribution in [0.2, 0.25) is 0 Å². The van der Waals surface area contributed by atoms with Crippen molar-refractivity contribution in [2.75, 3.05) is 0 Å². The highest BCUT2D eigenvalue weighted by Crippen LogP contribution is 2.34. The van der Waals surface area contributed by atoms with Gasteiger partial charge in [0, 0.05) is 0 Å². The molecule has 0 N–H and O–H groups in total. The Hall–Kier alpha value is -1.56. The summed E-state index contributed by atoms with van der Waals surface area (Å²) in [7, 11) is 0. The van der Waals surface area contributed by atoms with Crippen LogP contribution in [0.5, 0.6) is 0 Å². The van der Waals surface area contributed by atoms with Gasteiger partial charge in [0.05, 0.1) is 0 Å². The maximum absolute atomic E-state index is 2.35. The first-order valence-corrected chi connectivity index (χ1v) is 6.33. The highest BCUT2D eigenvalue weighted by molar-refractivity contribution is 5.92. The average Bonchev–Trinajstić information content (AvgIpc) is 2.46. The van der Waals surface area contributed by atoms with Gasteiger partial charge in [0.25, 0.3) is 0 Å². The van der Waals surface area contributed by atoms with Gasteiger partial charge in [-0.15, -0.1) is 0 Å². The Balaban J connectivity index is 2.27. The van der Waals surface area contributed by atoms with Crippen LogP contribution in [0.15, 0.2) is 42.5 Å². The third-order valence-electron chi connectivity index (χ3n) is 3.68. The van der Waals surface area contributed by atoms with E-state index in [0.717, 1.165) is 6.42 Å². The number of allylic oxidation sites excluding steroid dienone is 1. The summed E-state index contributed by atoms with van der Waals surface area (Å²) in [6.07, 6.45) is 6.97. The van der Waals surface area contributed by atoms with Gasteiger partial charge in [-0.2, -0.15) is 0 Å². The van der Waals surface area contributed by atoms with E-state index in [1.807, 2.05) is 0 Å². The molecule has 0 aromatic heterocycles. The van der Waals surface area contributed by atoms with Crippen LogP contribution < -0.4 is 0 Å². The molecule has 1 aliphatic rings. The van der Waals surface area contributed by atoms with Crippen molar-refractivity contribution in [3.05, 3.63) is 53.6 Å². The second-order valence-electron chi connectivity index (χ2n) is 5.81. The minimum absolute atomic E-state index is 0.379. The van der Waals surface area contributed by atoms with Crippen molar-refractivity contribution < 1.29 is 0 Å². The van der Waals surface area contributed by atoms with Crippen LogP contribution in [-0.4, -0.2) is 0 Å². The number of rotatable bonds is 0. The highest BCUT2D eigenvalue weighted by atomic mass is 14.3. The standard InChI is InChI=1S/C17H18/c1-17(2)11-5-8-16-14(12-17)10-9-13-6-3-4-7-15(13)16/h3-10H,11-12H2,1-2H3. The lowest BCUT2D eigenvalue weighted by atomic mass is 9.83. The third kappa shape index (κ3) is 1.88. The first-order chi connectivity index (χ1) is 8.16. The number of benzene rings is 2. The average molecular weight is 222 g/mol. The zero-order valence-electron chi connectivity index (χ0n) is 10.5. The number of hydrogen-bond donors (Lipinski definition) is 0. The van der Waals surface area contributed by atoms with E-state index in [4.69, 9.17) is 0 Å². The molecular weight excluding hydrogens is 204 g/mol. The van der Waals surface area contributed by atoms with Gasteiger partial charge in [-0.1, -0.05) is 62.4 Å². The summed E-state index contributed by atoms with van der Waals surface area (Å²) in [6.45, 7) is 4.70. The molecular formula is C17H18. The van der Waals surface area contributed by atoms with E-state index in [9.17, 15) is 0 Å². The second kappa shape index (κ2) is 3.73. The van der Waals surface area contributed by atoms with Crippen molar-refractivity contribution >= 4 is 16.8 Å². The molecule has 0 heterocycles. The van der Waals surface area contributed by atoms with Gasteiger partial charge in [0.15, 0.2) is 0 Å². The normalized spacial score (nSPS) is 17.8. The fraction of sp³-hybridized carbons (Fsp3) is 0.294. The predicted octanol–water partition coefficient (Wildman–Crippen LogP) is 4.83. The lowest BCUT2D eigenvalue weighted by Crippen LogP contribution is -2.13. The highest BCUT2D eigenvalue weighted by Gasteiger charge is 2.21. The van der Waals surface area contributed by atoms with Crippen molar-refractivity contribution in [3.63, 3.8) is 0 Å². The smallest absolute Gasteiger partial charge is 0.0109 e. The molecule has 0 saturated carbocycles. The second-order valence-corrected chi connectivity index (χ2v) is 5.81. The van der Waals surface area contributed by atoms with Crippen LogP contribution in [-0.2, 0) is 6.42 Å². The summed E-state index contributed by atoms with van der Waals surface area (Å²) >= 11 is 0. The van der Waals surface area contributed by atoms with Gasteiger partial charge in [-0.25, -0.2) is 0 Å². The lowest BCUT2D eigenvalue weighted by Gasteiger charge is -2.22. The fourth-order valence-corrected chi connectivity index (χ4v) is 2.78. The quantitative estimate of drug-likeness (QED) is 0.599. The first-order valence-electron chi connectivity index (χ1n) is 6.33. The van der Waals surface area contributed by atoms with E-state index < -0.39 is 0 Å². The van der Waals surface area contributed by atoms with E-state index in [-0.39, 0.29) is 0 Å². The minimum atomic E-state index is 0.379. The number of hydrogen-bond acceptors (Lipinski definition) is 0. The summed E-state index contributed by atoms with van der Waals surface area (Å²) in [6, 6.07) is 13.2. The van der Waals surface area contributed by atoms with Gasteiger partial charge >= 0.3 is 0 Å². The molecule has 2 aromatic rings. The van der Waals surface area contributed by atoms with Crippen LogP contribution in [0.1, 0.15) is 31.4 Å². The first kappa shape index (κ1) is 10.6. The van der Waals surface area contributed by atoms with Crippen molar-refractivity contribution in [2.45, 2.75) is 26.7 Å². The Morgan fingerprint density at radius 1 is 1.00 bits per heavy atom. The summed E-state index contributed by atoms with van der Waals surface area (Å²) < 4.78 is 0. The van der Waals surface area contributed by atoms with Gasteiger partial charge in [0.2, 0.25) is 0 Å². The SMILES string of the molecule is CC1(C)CC=Cc2c(ccc3ccccc23)C1. The largest absolute Gasteiger partial charge is 0.0834 e. The van der Waals surface area contributed by atoms with Gasteiger partial charge in [0.1, 0.15) is 0 Å². The van der Waals surface area contributed by atoms with E-state index in [2.05, 4.69) is 62.4 Å². The third-order valence-corrected chi connectivity index (χ3v) is 3.68. The molecule has 0 radical (unpaired) electrons. The van der Waals surface area contributed by atoms with Crippen molar-refractivity contribution in [1.82, 2.24) is 0 Å². The molecule has 0 nitrogen and oxygen atoms in total. The van der Waals surface area contributed by atoms with Crippen LogP contribution in [0, 0.1) is 5.41 Å². The van der Waals surface area contributed by atoms with Gasteiger partial charge in [-0.3, -0.25) is 0 Å². The Morgan fingerprint density at radius 2 is 1.82 bits per heavy atom. The summed E-state index contributed by atoms with van der Waals surface area (Å²) in [4.78, 5) is 0. The molecule has 0 saturated heterocycles. The van der Waals surface area contributed by atoms with Crippen LogP contribution in [0.3, 0.4) is 0 Å². The van der Waals surface area contributed by atoms with E-state index >= 15 is 0 Å². The van der Waals surface area contributed by atoms with Crippen LogP contribution in [0.25, 0.3) is 16.8 Å². The lowest BCUT2D eigenvalue weighted by molar-refractivity contribution is 0.371. The molecule has 1 aliphatic carbocycles. The van der Waals surface area contributed by atoms with Crippen molar-refractivity contribution in [2.24, 2.45) is 5.41 Å². The van der Waals surface area contributed by atoms with E-state index in [1.54, 1.807) is 0 Å². The summed E-state index contributed by atoms with van der Waals surface area (Å²) in [5.74, 6) is 0. The molecule has 3 rings (SSSR count). The molecule has 86 valence electrons. The maximum Gasteiger partial charge on any atom is -0.0109 e. The van der Waals surface area contributed by atoms with Gasteiger partial charge < -0.3 is 0 Å². The molecule has 0 fully saturated rings. The van der Waals surface area contributed by atoms with Crippen molar-refractivity contribution in [3.8, 4) is 0 Å². The molecule has 17 heavy (non-hydrogen) atoms. The minimum Gasteiger partial charge on any atom is -0.0834 e. The molecule has 0 atom stereocenters. The fourth-order valence-electron chi connectivity index (χ4n) is 2.78. The predicted molar refractivity (Wildman–Crippen MR) is 75.1 cm³/mol. The van der Waals surface area contributed by atoms with Crippen molar-refractivity contribution in [1.29, 1.82) is 0 Å². The topological polar surface area (TPSA) is 0 Å². The molecule has 0 bridgehead atoms. The molecule has 0 aliphatic heterocycles. The van der Waals surface area contributed by atoms with E-state index in [1.165, 1.54) is 28.3 Å². The summed E-state index contributed by atoms with van der Waals surface area (Å²) in [5.41, 5.74) is 3.29. The molecule has 0 amide bonds. The molecule has 0 heteroatoms. The number of fused-ring (bicyclic) bond motifs is 3. The summed E-state index contributed by atoms with van der Waals surface area (Å²) in [5, 5.41) is 2.73. The molecule has 2 aromatic carbocycles. The van der Waals surface area contributed by atoms with Crippen LogP contribution >= 0.6 is 0 Å². The van der Waals surface area contributed by atoms with Crippen LogP contribution in [0.4, 0.5) is 0 Å². The molecule has 0 unspecified atom stereocenters. The maximum atomic E-state index is 2.35. The van der Waals surface area contributed by atoms with Gasteiger partial charge in [-0.05, 0) is 40.2 Å². The van der Waals surface area contributed by atoms with E-state index in [0.29, 0.717) is 5.41 Å². The Kier molecular flexibility index (Phi) is 2.32. The Labute approximate surface area is 103 Å². The zero-order valence-corrected chi connectivity index (χ0v) is 10.5. The zero-order chi connectivity index (χ0) is 11.9. The Morgan fingerprint density at radius 3 is 2.71 bits per heavy atom. The molecule has 0 spiro atoms.